The molecule has 1 atom stereocenters. The number of amides is 1. The van der Waals surface area contributed by atoms with Crippen LogP contribution >= 0.6 is 0 Å². The number of nitro benzene ring substituents is 1. The predicted molar refractivity (Wildman–Crippen MR) is 79.1 cm³/mol. The van der Waals surface area contributed by atoms with Crippen LogP contribution in [-0.4, -0.2) is 22.4 Å². The predicted octanol–water partition coefficient (Wildman–Crippen LogP) is 3.33. The molecular weight excluding hydrogens is 315 g/mol. The third-order valence-electron chi connectivity index (χ3n) is 2.79. The van der Waals surface area contributed by atoms with Gasteiger partial charge in [0.1, 0.15) is 11.7 Å². The molecular formula is C14H18F3N3O3. The highest BCUT2D eigenvalue weighted by Crippen LogP contribution is 2.35. The van der Waals surface area contributed by atoms with Crippen LogP contribution in [0, 0.1) is 10.1 Å². The fraction of sp³-hybridized carbons (Fsp3) is 0.500. The largest absolute Gasteiger partial charge is 0.416 e. The van der Waals surface area contributed by atoms with E-state index in [-0.39, 0.29) is 5.69 Å². The summed E-state index contributed by atoms with van der Waals surface area (Å²) in [7, 11) is 0. The third-order valence-corrected chi connectivity index (χ3v) is 2.79. The number of carbonyl (C=O) groups excluding carboxylic acids is 1. The standard InChI is InChI=1S/C14H18F3N3O3/c1-8(12(21)19-13(2,3)4)18-10-6-5-9(14(15,16)17)7-11(10)20(22)23/h5-8,18H,1-4H3,(H,19,21)/t8-/m0/s1. The monoisotopic (exact) mass is 333 g/mol. The molecule has 0 aliphatic heterocycles. The Morgan fingerprint density at radius 3 is 2.26 bits per heavy atom. The van der Waals surface area contributed by atoms with Crippen molar-refractivity contribution in [3.8, 4) is 0 Å². The molecule has 0 unspecified atom stereocenters. The van der Waals surface area contributed by atoms with Crippen LogP contribution in [0.15, 0.2) is 18.2 Å². The normalized spacial score (nSPS) is 13.3. The number of alkyl halides is 3. The van der Waals surface area contributed by atoms with Gasteiger partial charge in [-0.25, -0.2) is 0 Å². The Morgan fingerprint density at radius 1 is 1.26 bits per heavy atom. The van der Waals surface area contributed by atoms with Gasteiger partial charge in [-0.1, -0.05) is 0 Å². The molecule has 128 valence electrons. The number of nitro groups is 1. The molecule has 6 nitrogen and oxygen atoms in total. The van der Waals surface area contributed by atoms with Crippen molar-refractivity contribution in [3.05, 3.63) is 33.9 Å². The number of halogens is 3. The van der Waals surface area contributed by atoms with Crippen molar-refractivity contribution in [2.75, 3.05) is 5.32 Å². The SMILES string of the molecule is C[C@H](Nc1ccc(C(F)(F)F)cc1[N+](=O)[O-])C(=O)NC(C)(C)C. The second-order valence-electron chi connectivity index (χ2n) is 6.09. The lowest BCUT2D eigenvalue weighted by atomic mass is 10.1. The van der Waals surface area contributed by atoms with Crippen LogP contribution in [0.5, 0.6) is 0 Å². The van der Waals surface area contributed by atoms with E-state index in [0.29, 0.717) is 6.07 Å². The van der Waals surface area contributed by atoms with Crippen LogP contribution in [0.3, 0.4) is 0 Å². The van der Waals surface area contributed by atoms with E-state index in [2.05, 4.69) is 10.6 Å². The second kappa shape index (κ2) is 6.43. The molecule has 0 radical (unpaired) electrons. The summed E-state index contributed by atoms with van der Waals surface area (Å²) >= 11 is 0. The summed E-state index contributed by atoms with van der Waals surface area (Å²) in [5, 5.41) is 16.2. The fourth-order valence-electron chi connectivity index (χ4n) is 1.76. The lowest BCUT2D eigenvalue weighted by Gasteiger charge is -2.24. The van der Waals surface area contributed by atoms with Gasteiger partial charge in [0.15, 0.2) is 0 Å². The number of nitrogens with zero attached hydrogens (tertiary/aromatic N) is 1. The second-order valence-corrected chi connectivity index (χ2v) is 6.09. The topological polar surface area (TPSA) is 84.3 Å². The molecule has 0 aliphatic carbocycles. The maximum Gasteiger partial charge on any atom is 0.416 e. The maximum absolute atomic E-state index is 12.6. The summed E-state index contributed by atoms with van der Waals surface area (Å²) < 4.78 is 37.9. The van der Waals surface area contributed by atoms with Gasteiger partial charge in [0.25, 0.3) is 5.69 Å². The molecule has 1 aromatic carbocycles. The van der Waals surface area contributed by atoms with Crippen molar-refractivity contribution in [1.82, 2.24) is 5.32 Å². The van der Waals surface area contributed by atoms with E-state index >= 15 is 0 Å². The van der Waals surface area contributed by atoms with Gasteiger partial charge >= 0.3 is 6.18 Å². The molecule has 0 saturated heterocycles. The molecule has 1 aromatic rings. The first-order valence-electron chi connectivity index (χ1n) is 6.75. The first-order valence-corrected chi connectivity index (χ1v) is 6.75. The van der Waals surface area contributed by atoms with Gasteiger partial charge in [0, 0.05) is 11.6 Å². The molecule has 0 bridgehead atoms. The lowest BCUT2D eigenvalue weighted by molar-refractivity contribution is -0.384. The van der Waals surface area contributed by atoms with Crippen LogP contribution in [0.4, 0.5) is 24.5 Å². The Hall–Kier alpha value is -2.32. The number of hydrogen-bond acceptors (Lipinski definition) is 4. The van der Waals surface area contributed by atoms with Crippen LogP contribution in [0.2, 0.25) is 0 Å². The highest BCUT2D eigenvalue weighted by atomic mass is 19.4. The molecule has 0 spiro atoms. The Morgan fingerprint density at radius 2 is 1.83 bits per heavy atom. The Bertz CT molecular complexity index is 610. The number of hydrogen-bond donors (Lipinski definition) is 2. The number of rotatable bonds is 4. The molecule has 1 rings (SSSR count). The Labute approximate surface area is 131 Å². The molecule has 23 heavy (non-hydrogen) atoms. The van der Waals surface area contributed by atoms with Crippen molar-refractivity contribution < 1.29 is 22.9 Å². The molecule has 0 aliphatic rings. The lowest BCUT2D eigenvalue weighted by Crippen LogP contribution is -2.47. The minimum Gasteiger partial charge on any atom is -0.368 e. The van der Waals surface area contributed by atoms with E-state index < -0.39 is 39.8 Å². The summed E-state index contributed by atoms with van der Waals surface area (Å²) in [4.78, 5) is 22.0. The summed E-state index contributed by atoms with van der Waals surface area (Å²) in [6.07, 6.45) is -4.68. The van der Waals surface area contributed by atoms with E-state index in [1.165, 1.54) is 6.92 Å². The molecule has 0 heterocycles. The van der Waals surface area contributed by atoms with Gasteiger partial charge in [-0.3, -0.25) is 14.9 Å². The summed E-state index contributed by atoms with van der Waals surface area (Å²) in [5.74, 6) is -0.424. The Kier molecular flexibility index (Phi) is 5.24. The minimum absolute atomic E-state index is 0.153. The molecule has 2 N–H and O–H groups in total. The highest BCUT2D eigenvalue weighted by Gasteiger charge is 2.33. The van der Waals surface area contributed by atoms with Crippen molar-refractivity contribution in [2.45, 2.75) is 45.5 Å². The fourth-order valence-corrected chi connectivity index (χ4v) is 1.76. The molecule has 0 aromatic heterocycles. The molecule has 0 fully saturated rings. The van der Waals surface area contributed by atoms with E-state index in [1.807, 2.05) is 0 Å². The quantitative estimate of drug-likeness (QED) is 0.654. The number of anilines is 1. The zero-order chi connectivity index (χ0) is 18.0. The van der Waals surface area contributed by atoms with E-state index in [4.69, 9.17) is 0 Å². The number of benzene rings is 1. The molecule has 1 amide bonds. The summed E-state index contributed by atoms with van der Waals surface area (Å²) in [5.41, 5.74) is -2.52. The molecule has 0 saturated carbocycles. The van der Waals surface area contributed by atoms with Crippen molar-refractivity contribution in [1.29, 1.82) is 0 Å². The van der Waals surface area contributed by atoms with Gasteiger partial charge in [-0.2, -0.15) is 13.2 Å². The molecule has 9 heteroatoms. The van der Waals surface area contributed by atoms with Crippen molar-refractivity contribution >= 4 is 17.3 Å². The van der Waals surface area contributed by atoms with Gasteiger partial charge < -0.3 is 10.6 Å². The van der Waals surface area contributed by atoms with Gasteiger partial charge in [0.2, 0.25) is 5.91 Å². The van der Waals surface area contributed by atoms with E-state index in [9.17, 15) is 28.1 Å². The highest BCUT2D eigenvalue weighted by molar-refractivity contribution is 5.85. The van der Waals surface area contributed by atoms with Crippen molar-refractivity contribution in [3.63, 3.8) is 0 Å². The third kappa shape index (κ3) is 5.42. The van der Waals surface area contributed by atoms with Crippen molar-refractivity contribution in [2.24, 2.45) is 0 Å². The average Bonchev–Trinajstić information content (AvgIpc) is 2.35. The maximum atomic E-state index is 12.6. The smallest absolute Gasteiger partial charge is 0.368 e. The first kappa shape index (κ1) is 18.7. The van der Waals surface area contributed by atoms with Gasteiger partial charge in [-0.15, -0.1) is 0 Å². The van der Waals surface area contributed by atoms with Crippen LogP contribution < -0.4 is 10.6 Å². The van der Waals surface area contributed by atoms with Crippen LogP contribution in [0.1, 0.15) is 33.3 Å². The van der Waals surface area contributed by atoms with E-state index in [0.717, 1.165) is 12.1 Å². The van der Waals surface area contributed by atoms with Crippen LogP contribution in [0.25, 0.3) is 0 Å². The summed E-state index contributed by atoms with van der Waals surface area (Å²) in [6.45, 7) is 6.75. The van der Waals surface area contributed by atoms with Crippen LogP contribution in [-0.2, 0) is 11.0 Å². The van der Waals surface area contributed by atoms with Gasteiger partial charge in [-0.05, 0) is 39.8 Å². The Balaban J connectivity index is 3.04. The minimum atomic E-state index is -4.68. The summed E-state index contributed by atoms with van der Waals surface area (Å²) in [6, 6.07) is 1.26. The number of carbonyl (C=O) groups is 1. The number of nitrogens with one attached hydrogen (secondary N) is 2. The zero-order valence-corrected chi connectivity index (χ0v) is 13.1. The average molecular weight is 333 g/mol. The van der Waals surface area contributed by atoms with E-state index in [1.54, 1.807) is 20.8 Å². The van der Waals surface area contributed by atoms with Gasteiger partial charge in [0.05, 0.1) is 10.5 Å². The first-order chi connectivity index (χ1) is 10.3. The zero-order valence-electron chi connectivity index (χ0n) is 13.1.